The van der Waals surface area contributed by atoms with E-state index >= 15 is 0 Å². The van der Waals surface area contributed by atoms with Crippen molar-refractivity contribution in [2.45, 2.75) is 38.9 Å². The van der Waals surface area contributed by atoms with Gasteiger partial charge in [-0.2, -0.15) is 5.10 Å². The highest BCUT2D eigenvalue weighted by Gasteiger charge is 2.51. The molecule has 1 aromatic carbocycles. The van der Waals surface area contributed by atoms with Gasteiger partial charge in [-0.15, -0.1) is 0 Å². The van der Waals surface area contributed by atoms with Gasteiger partial charge in [0.2, 0.25) is 0 Å². The van der Waals surface area contributed by atoms with Gasteiger partial charge in [0, 0.05) is 11.9 Å². The number of aromatic nitrogens is 2. The number of carbonyl (C=O) groups excluding carboxylic acids is 1. The highest BCUT2D eigenvalue weighted by atomic mass is 16.7. The molecule has 1 amide bonds. The molecule has 0 atom stereocenters. The molecule has 0 spiro atoms. The van der Waals surface area contributed by atoms with Gasteiger partial charge in [0.1, 0.15) is 5.69 Å². The predicted octanol–water partition coefficient (Wildman–Crippen LogP) is 1.96. The van der Waals surface area contributed by atoms with Crippen molar-refractivity contribution in [1.29, 1.82) is 0 Å². The van der Waals surface area contributed by atoms with Gasteiger partial charge in [-0.05, 0) is 51.4 Å². The first kappa shape index (κ1) is 15.8. The SMILES string of the molecule is CC1(C)OB(c2ccc(NC(=O)c3cc[nH]n3)cc2)OC1(C)C. The Balaban J connectivity index is 1.70. The number of aromatic amines is 1. The van der Waals surface area contributed by atoms with Crippen molar-refractivity contribution in [3.63, 3.8) is 0 Å². The molecule has 120 valence electrons. The van der Waals surface area contributed by atoms with Gasteiger partial charge < -0.3 is 14.6 Å². The fraction of sp³-hybridized carbons (Fsp3) is 0.375. The first-order valence-electron chi connectivity index (χ1n) is 7.55. The smallest absolute Gasteiger partial charge is 0.399 e. The normalized spacial score (nSPS) is 18.9. The van der Waals surface area contributed by atoms with Crippen molar-refractivity contribution >= 4 is 24.2 Å². The zero-order valence-electron chi connectivity index (χ0n) is 13.7. The Labute approximate surface area is 135 Å². The van der Waals surface area contributed by atoms with Crippen LogP contribution in [0.1, 0.15) is 38.2 Å². The van der Waals surface area contributed by atoms with Gasteiger partial charge in [0.05, 0.1) is 11.2 Å². The minimum atomic E-state index is -0.406. The molecule has 0 aliphatic carbocycles. The van der Waals surface area contributed by atoms with Crippen LogP contribution >= 0.6 is 0 Å². The first-order chi connectivity index (χ1) is 10.8. The molecule has 3 rings (SSSR count). The molecular formula is C16H20BN3O3. The molecular weight excluding hydrogens is 293 g/mol. The second kappa shape index (κ2) is 5.51. The van der Waals surface area contributed by atoms with Crippen LogP contribution in [0.25, 0.3) is 0 Å². The average molecular weight is 313 g/mol. The zero-order valence-corrected chi connectivity index (χ0v) is 13.7. The molecule has 23 heavy (non-hydrogen) atoms. The number of H-pyrrole nitrogens is 1. The van der Waals surface area contributed by atoms with Crippen molar-refractivity contribution < 1.29 is 14.1 Å². The zero-order chi connectivity index (χ0) is 16.7. The molecule has 2 aromatic rings. The van der Waals surface area contributed by atoms with Gasteiger partial charge >= 0.3 is 7.12 Å². The van der Waals surface area contributed by atoms with Gasteiger partial charge in [0.25, 0.3) is 5.91 Å². The third-order valence-electron chi connectivity index (χ3n) is 4.43. The third-order valence-corrected chi connectivity index (χ3v) is 4.43. The van der Waals surface area contributed by atoms with E-state index in [1.807, 2.05) is 52.0 Å². The quantitative estimate of drug-likeness (QED) is 0.849. The fourth-order valence-electron chi connectivity index (χ4n) is 2.28. The molecule has 0 radical (unpaired) electrons. The van der Waals surface area contributed by atoms with Crippen LogP contribution in [0.3, 0.4) is 0 Å². The summed E-state index contributed by atoms with van der Waals surface area (Å²) < 4.78 is 12.0. The highest BCUT2D eigenvalue weighted by Crippen LogP contribution is 2.36. The van der Waals surface area contributed by atoms with Gasteiger partial charge in [0.15, 0.2) is 0 Å². The van der Waals surface area contributed by atoms with E-state index in [0.29, 0.717) is 11.4 Å². The number of amides is 1. The Morgan fingerprint density at radius 2 is 1.70 bits per heavy atom. The summed E-state index contributed by atoms with van der Waals surface area (Å²) in [6.45, 7) is 8.08. The van der Waals surface area contributed by atoms with Crippen LogP contribution in [0.2, 0.25) is 0 Å². The lowest BCUT2D eigenvalue weighted by Gasteiger charge is -2.32. The first-order valence-corrected chi connectivity index (χ1v) is 7.55. The number of anilines is 1. The van der Waals surface area contributed by atoms with E-state index in [1.54, 1.807) is 12.3 Å². The van der Waals surface area contributed by atoms with Crippen molar-refractivity contribution in [3.8, 4) is 0 Å². The molecule has 1 saturated heterocycles. The van der Waals surface area contributed by atoms with Crippen LogP contribution < -0.4 is 10.8 Å². The van der Waals surface area contributed by atoms with E-state index in [0.717, 1.165) is 5.46 Å². The summed E-state index contributed by atoms with van der Waals surface area (Å²) >= 11 is 0. The third kappa shape index (κ3) is 3.02. The molecule has 6 nitrogen and oxygen atoms in total. The molecule has 1 aromatic heterocycles. The summed E-state index contributed by atoms with van der Waals surface area (Å²) in [7, 11) is -0.406. The molecule has 7 heteroatoms. The van der Waals surface area contributed by atoms with Crippen LogP contribution in [0.5, 0.6) is 0 Å². The maximum atomic E-state index is 11.9. The second-order valence-electron chi connectivity index (χ2n) is 6.62. The lowest BCUT2D eigenvalue weighted by molar-refractivity contribution is 0.00578. The number of nitrogens with zero attached hydrogens (tertiary/aromatic N) is 1. The predicted molar refractivity (Wildman–Crippen MR) is 88.7 cm³/mol. The van der Waals surface area contributed by atoms with Gasteiger partial charge in [-0.3, -0.25) is 9.89 Å². The van der Waals surface area contributed by atoms with Crippen LogP contribution in [-0.4, -0.2) is 34.4 Å². The van der Waals surface area contributed by atoms with E-state index < -0.39 is 7.12 Å². The van der Waals surface area contributed by atoms with E-state index in [-0.39, 0.29) is 17.1 Å². The number of hydrogen-bond acceptors (Lipinski definition) is 4. The van der Waals surface area contributed by atoms with Crippen LogP contribution in [-0.2, 0) is 9.31 Å². The van der Waals surface area contributed by atoms with E-state index in [2.05, 4.69) is 15.5 Å². The lowest BCUT2D eigenvalue weighted by Crippen LogP contribution is -2.41. The van der Waals surface area contributed by atoms with Crippen molar-refractivity contribution in [2.24, 2.45) is 0 Å². The Morgan fingerprint density at radius 3 is 2.22 bits per heavy atom. The largest absolute Gasteiger partial charge is 0.494 e. The molecule has 2 heterocycles. The van der Waals surface area contributed by atoms with E-state index in [1.165, 1.54) is 0 Å². The topological polar surface area (TPSA) is 76.2 Å². The molecule has 1 fully saturated rings. The van der Waals surface area contributed by atoms with Crippen LogP contribution in [0, 0.1) is 0 Å². The number of nitrogens with one attached hydrogen (secondary N) is 2. The molecule has 1 aliphatic rings. The summed E-state index contributed by atoms with van der Waals surface area (Å²) in [5, 5.41) is 9.25. The average Bonchev–Trinajstić information content (AvgIpc) is 3.07. The standard InChI is InChI=1S/C16H20BN3O3/c1-15(2)16(3,4)23-17(22-15)11-5-7-12(8-6-11)19-14(21)13-9-10-18-20-13/h5-10H,1-4H3,(H,18,20)(H,19,21). The molecule has 0 saturated carbocycles. The Hall–Kier alpha value is -2.12. The van der Waals surface area contributed by atoms with E-state index in [9.17, 15) is 4.79 Å². The Bertz CT molecular complexity index is 680. The summed E-state index contributed by atoms with van der Waals surface area (Å²) in [4.78, 5) is 11.9. The second-order valence-corrected chi connectivity index (χ2v) is 6.62. The maximum absolute atomic E-state index is 11.9. The summed E-state index contributed by atoms with van der Waals surface area (Å²) in [6, 6.07) is 9.05. The number of hydrogen-bond donors (Lipinski definition) is 2. The van der Waals surface area contributed by atoms with Gasteiger partial charge in [-0.1, -0.05) is 12.1 Å². The van der Waals surface area contributed by atoms with E-state index in [4.69, 9.17) is 9.31 Å². The molecule has 2 N–H and O–H groups in total. The Morgan fingerprint density at radius 1 is 1.09 bits per heavy atom. The van der Waals surface area contributed by atoms with Crippen molar-refractivity contribution in [2.75, 3.05) is 5.32 Å². The lowest BCUT2D eigenvalue weighted by atomic mass is 9.79. The minimum absolute atomic E-state index is 0.255. The molecule has 0 unspecified atom stereocenters. The Kier molecular flexibility index (Phi) is 3.78. The maximum Gasteiger partial charge on any atom is 0.494 e. The molecule has 1 aliphatic heterocycles. The molecule has 0 bridgehead atoms. The number of benzene rings is 1. The number of carbonyl (C=O) groups is 1. The number of rotatable bonds is 3. The summed E-state index contributed by atoms with van der Waals surface area (Å²) in [5.41, 5.74) is 1.22. The van der Waals surface area contributed by atoms with Crippen LogP contribution in [0.15, 0.2) is 36.5 Å². The minimum Gasteiger partial charge on any atom is -0.399 e. The van der Waals surface area contributed by atoms with Crippen molar-refractivity contribution in [3.05, 3.63) is 42.2 Å². The summed E-state index contributed by atoms with van der Waals surface area (Å²) in [5.74, 6) is -0.255. The van der Waals surface area contributed by atoms with Crippen molar-refractivity contribution in [1.82, 2.24) is 10.2 Å². The van der Waals surface area contributed by atoms with Gasteiger partial charge in [-0.25, -0.2) is 0 Å². The monoisotopic (exact) mass is 313 g/mol. The van der Waals surface area contributed by atoms with Crippen LogP contribution in [0.4, 0.5) is 5.69 Å². The summed E-state index contributed by atoms with van der Waals surface area (Å²) in [6.07, 6.45) is 1.61. The fourth-order valence-corrected chi connectivity index (χ4v) is 2.28. The highest BCUT2D eigenvalue weighted by molar-refractivity contribution is 6.62.